The van der Waals surface area contributed by atoms with E-state index in [0.29, 0.717) is 0 Å². The molecule has 0 fully saturated rings. The summed E-state index contributed by atoms with van der Waals surface area (Å²) in [5, 5.41) is 10.7. The zero-order valence-corrected chi connectivity index (χ0v) is 9.52. The van der Waals surface area contributed by atoms with Crippen LogP contribution in [0.3, 0.4) is 0 Å². The molecule has 1 atom stereocenters. The van der Waals surface area contributed by atoms with Gasteiger partial charge in [0, 0.05) is 0 Å². The van der Waals surface area contributed by atoms with E-state index in [4.69, 9.17) is 5.73 Å². The summed E-state index contributed by atoms with van der Waals surface area (Å²) in [5.41, 5.74) is 5.16. The molecule has 0 radical (unpaired) electrons. The summed E-state index contributed by atoms with van der Waals surface area (Å²) in [5.74, 6) is -0.353. The van der Waals surface area contributed by atoms with Gasteiger partial charge in [-0.25, -0.2) is 0 Å². The van der Waals surface area contributed by atoms with Gasteiger partial charge in [0.05, 0.1) is 15.3 Å². The Morgan fingerprint density at radius 2 is 2.20 bits per heavy atom. The third-order valence-electron chi connectivity index (χ3n) is 1.88. The van der Waals surface area contributed by atoms with Crippen molar-refractivity contribution in [2.24, 2.45) is 0 Å². The first kappa shape index (κ1) is 11.6. The summed E-state index contributed by atoms with van der Waals surface area (Å²) in [7, 11) is 0. The highest BCUT2D eigenvalue weighted by atomic mass is 79.9. The van der Waals surface area contributed by atoms with Crippen LogP contribution in [0, 0.1) is 10.1 Å². The Morgan fingerprint density at radius 3 is 2.67 bits per heavy atom. The maximum atomic E-state index is 11.6. The third kappa shape index (κ3) is 2.33. The van der Waals surface area contributed by atoms with Crippen molar-refractivity contribution in [3.05, 3.63) is 33.9 Å². The first-order valence-electron chi connectivity index (χ1n) is 4.16. The van der Waals surface area contributed by atoms with E-state index in [1.807, 2.05) is 0 Å². The zero-order valence-electron chi connectivity index (χ0n) is 7.94. The van der Waals surface area contributed by atoms with E-state index in [2.05, 4.69) is 15.9 Å². The lowest BCUT2D eigenvalue weighted by Crippen LogP contribution is -2.13. The molecule has 1 unspecified atom stereocenters. The topological polar surface area (TPSA) is 86.2 Å². The zero-order chi connectivity index (χ0) is 11.6. The van der Waals surface area contributed by atoms with Crippen LogP contribution < -0.4 is 5.73 Å². The lowest BCUT2D eigenvalue weighted by atomic mass is 10.1. The van der Waals surface area contributed by atoms with Crippen LogP contribution >= 0.6 is 15.9 Å². The fourth-order valence-electron chi connectivity index (χ4n) is 1.18. The smallest absolute Gasteiger partial charge is 0.302 e. The fraction of sp³-hybridized carbons (Fsp3) is 0.222. The molecule has 15 heavy (non-hydrogen) atoms. The van der Waals surface area contributed by atoms with E-state index < -0.39 is 9.75 Å². The second kappa shape index (κ2) is 4.39. The molecule has 1 aromatic carbocycles. The van der Waals surface area contributed by atoms with E-state index >= 15 is 0 Å². The van der Waals surface area contributed by atoms with Crippen molar-refractivity contribution in [3.63, 3.8) is 0 Å². The lowest BCUT2D eigenvalue weighted by Gasteiger charge is -2.05. The highest BCUT2D eigenvalue weighted by molar-refractivity contribution is 9.10. The minimum absolute atomic E-state index is 0.000926. The number of anilines is 1. The van der Waals surface area contributed by atoms with E-state index in [1.54, 1.807) is 6.92 Å². The Morgan fingerprint density at radius 1 is 1.60 bits per heavy atom. The molecule has 0 aliphatic heterocycles. The second-order valence-corrected chi connectivity index (χ2v) is 4.35. The van der Waals surface area contributed by atoms with Crippen LogP contribution in [0.25, 0.3) is 0 Å². The minimum Gasteiger partial charge on any atom is -0.393 e. The first-order chi connectivity index (χ1) is 6.95. The van der Waals surface area contributed by atoms with Gasteiger partial charge in [-0.3, -0.25) is 14.9 Å². The first-order valence-corrected chi connectivity index (χ1v) is 5.08. The van der Waals surface area contributed by atoms with Crippen molar-refractivity contribution in [2.75, 3.05) is 5.73 Å². The van der Waals surface area contributed by atoms with Crippen molar-refractivity contribution in [1.29, 1.82) is 0 Å². The van der Waals surface area contributed by atoms with Gasteiger partial charge in [0.2, 0.25) is 0 Å². The number of nitrogen functional groups attached to an aromatic ring is 1. The largest absolute Gasteiger partial charge is 0.393 e. The van der Waals surface area contributed by atoms with Gasteiger partial charge < -0.3 is 5.73 Å². The van der Waals surface area contributed by atoms with Gasteiger partial charge >= 0.3 is 5.69 Å². The van der Waals surface area contributed by atoms with Gasteiger partial charge in [-0.15, -0.1) is 0 Å². The number of nitrogens with two attached hydrogens (primary N) is 1. The normalized spacial score (nSPS) is 12.1. The Balaban J connectivity index is 3.35. The molecule has 0 aliphatic rings. The van der Waals surface area contributed by atoms with Gasteiger partial charge in [0.15, 0.2) is 5.78 Å². The number of nitro groups is 1. The number of hydrogen-bond acceptors (Lipinski definition) is 4. The number of alkyl halides is 1. The van der Waals surface area contributed by atoms with Crippen LogP contribution in [-0.4, -0.2) is 15.5 Å². The van der Waals surface area contributed by atoms with Crippen LogP contribution in [0.5, 0.6) is 0 Å². The molecule has 0 aliphatic carbocycles. The second-order valence-electron chi connectivity index (χ2n) is 2.98. The average molecular weight is 273 g/mol. The number of carbonyl (C=O) groups is 1. The van der Waals surface area contributed by atoms with Crippen molar-refractivity contribution >= 4 is 33.1 Å². The van der Waals surface area contributed by atoms with Gasteiger partial charge in [-0.2, -0.15) is 0 Å². The quantitative estimate of drug-likeness (QED) is 0.300. The number of ketones is 1. The van der Waals surface area contributed by atoms with Crippen LogP contribution in [-0.2, 0) is 0 Å². The Kier molecular flexibility index (Phi) is 3.41. The summed E-state index contributed by atoms with van der Waals surface area (Å²) >= 11 is 3.07. The van der Waals surface area contributed by atoms with E-state index in [1.165, 1.54) is 18.2 Å². The number of hydrogen-bond donors (Lipinski definition) is 1. The summed E-state index contributed by atoms with van der Waals surface area (Å²) in [6.45, 7) is 1.61. The predicted molar refractivity (Wildman–Crippen MR) is 60.2 cm³/mol. The van der Waals surface area contributed by atoms with Crippen molar-refractivity contribution in [3.8, 4) is 0 Å². The Labute approximate surface area is 94.5 Å². The van der Waals surface area contributed by atoms with Gasteiger partial charge in [0.1, 0.15) is 5.69 Å². The molecule has 0 heterocycles. The fourth-order valence-corrected chi connectivity index (χ4v) is 1.42. The number of nitro benzene ring substituents is 1. The monoisotopic (exact) mass is 272 g/mol. The standard InChI is InChI=1S/C9H9BrN2O3/c1-5(10)9(13)6-3-2-4-7(11)8(6)12(14)15/h2-5H,11H2,1H3. The van der Waals surface area contributed by atoms with Crippen LogP contribution in [0.4, 0.5) is 11.4 Å². The van der Waals surface area contributed by atoms with Crippen molar-refractivity contribution in [2.45, 2.75) is 11.8 Å². The lowest BCUT2D eigenvalue weighted by molar-refractivity contribution is -0.384. The van der Waals surface area contributed by atoms with Gasteiger partial charge in [-0.05, 0) is 19.1 Å². The molecule has 0 amide bonds. The molecule has 5 nitrogen and oxygen atoms in total. The molecule has 0 spiro atoms. The third-order valence-corrected chi connectivity index (χ3v) is 2.29. The predicted octanol–water partition coefficient (Wildman–Crippen LogP) is 2.14. The summed E-state index contributed by atoms with van der Waals surface area (Å²) in [6.07, 6.45) is 0. The van der Waals surface area contributed by atoms with Crippen LogP contribution in [0.2, 0.25) is 0 Å². The minimum atomic E-state index is -0.641. The van der Waals surface area contributed by atoms with Crippen LogP contribution in [0.1, 0.15) is 17.3 Å². The van der Waals surface area contributed by atoms with E-state index in [0.717, 1.165) is 0 Å². The highest BCUT2D eigenvalue weighted by Gasteiger charge is 2.24. The summed E-state index contributed by atoms with van der Waals surface area (Å²) in [6, 6.07) is 4.31. The molecule has 80 valence electrons. The molecule has 0 bridgehead atoms. The highest BCUT2D eigenvalue weighted by Crippen LogP contribution is 2.27. The maximum Gasteiger partial charge on any atom is 0.302 e. The summed E-state index contributed by atoms with van der Waals surface area (Å²) in [4.78, 5) is 21.2. The van der Waals surface area contributed by atoms with Gasteiger partial charge in [0.25, 0.3) is 0 Å². The molecule has 6 heteroatoms. The maximum absolute atomic E-state index is 11.6. The number of nitrogens with zero attached hydrogens (tertiary/aromatic N) is 1. The molecule has 1 aromatic rings. The molecule has 2 N–H and O–H groups in total. The SMILES string of the molecule is CC(Br)C(=O)c1cccc(N)c1[N+](=O)[O-]. The molecule has 0 saturated heterocycles. The van der Waals surface area contributed by atoms with E-state index in [9.17, 15) is 14.9 Å². The van der Waals surface area contributed by atoms with Gasteiger partial charge in [-0.1, -0.05) is 22.0 Å². The molecule has 1 rings (SSSR count). The number of Topliss-reactive ketones (excluding diaryl/α,β-unsaturated/α-hetero) is 1. The van der Waals surface area contributed by atoms with Crippen molar-refractivity contribution in [1.82, 2.24) is 0 Å². The average Bonchev–Trinajstić information content (AvgIpc) is 2.15. The van der Waals surface area contributed by atoms with Crippen molar-refractivity contribution < 1.29 is 9.72 Å². The molecule has 0 saturated carbocycles. The van der Waals surface area contributed by atoms with Crippen LogP contribution in [0.15, 0.2) is 18.2 Å². The number of halogens is 1. The summed E-state index contributed by atoms with van der Waals surface area (Å²) < 4.78 is 0. The van der Waals surface area contributed by atoms with E-state index in [-0.39, 0.29) is 22.7 Å². The number of para-hydroxylation sites is 1. The molecular weight excluding hydrogens is 264 g/mol. The number of benzene rings is 1. The number of rotatable bonds is 3. The number of carbonyl (C=O) groups excluding carboxylic acids is 1. The Bertz CT molecular complexity index is 418. The Hall–Kier alpha value is -1.43. The molecular formula is C9H9BrN2O3. The molecule has 0 aromatic heterocycles.